The molecule has 1 N–H and O–H groups in total. The summed E-state index contributed by atoms with van der Waals surface area (Å²) in [6.45, 7) is 5.96. The Morgan fingerprint density at radius 3 is 2.56 bits per heavy atom. The number of thiophene rings is 1. The van der Waals surface area contributed by atoms with Crippen LogP contribution in [0.2, 0.25) is 0 Å². The quantitative estimate of drug-likeness (QED) is 0.661. The van der Waals surface area contributed by atoms with Crippen molar-refractivity contribution in [2.75, 3.05) is 32.7 Å². The van der Waals surface area contributed by atoms with E-state index < -0.39 is 10.0 Å². The molecule has 4 rings (SSSR count). The van der Waals surface area contributed by atoms with Gasteiger partial charge in [0, 0.05) is 37.8 Å². The van der Waals surface area contributed by atoms with E-state index in [-0.39, 0.29) is 16.8 Å². The highest BCUT2D eigenvalue weighted by atomic mass is 32.2. The van der Waals surface area contributed by atoms with Gasteiger partial charge < -0.3 is 9.88 Å². The first-order chi connectivity index (χ1) is 15.4. The minimum absolute atomic E-state index is 0.142. The van der Waals surface area contributed by atoms with E-state index in [0.717, 1.165) is 38.3 Å². The average Bonchev–Trinajstić information content (AvgIpc) is 3.46. The van der Waals surface area contributed by atoms with E-state index in [9.17, 15) is 13.2 Å². The van der Waals surface area contributed by atoms with Gasteiger partial charge in [-0.1, -0.05) is 19.4 Å². The Hall–Kier alpha value is -1.68. The van der Waals surface area contributed by atoms with Crippen molar-refractivity contribution >= 4 is 27.3 Å². The minimum atomic E-state index is -3.56. The fourth-order valence-corrected chi connectivity index (χ4v) is 7.12. The molecule has 7 nitrogen and oxygen atoms in total. The van der Waals surface area contributed by atoms with Gasteiger partial charge in [0.2, 0.25) is 10.0 Å². The van der Waals surface area contributed by atoms with Crippen molar-refractivity contribution in [2.45, 2.75) is 50.0 Å². The Kier molecular flexibility index (Phi) is 7.39. The Labute approximate surface area is 195 Å². The van der Waals surface area contributed by atoms with Crippen LogP contribution < -0.4 is 5.32 Å². The summed E-state index contributed by atoms with van der Waals surface area (Å²) in [5.74, 6) is 0.507. The molecule has 4 heterocycles. The molecule has 2 aromatic heterocycles. The number of likely N-dealkylation sites (tertiary alicyclic amines) is 1. The second kappa shape index (κ2) is 10.1. The number of carbonyl (C=O) groups is 1. The molecular formula is C23H34N4O3S2. The largest absolute Gasteiger partial charge is 0.349 e. The third kappa shape index (κ3) is 5.11. The highest BCUT2D eigenvalue weighted by Crippen LogP contribution is 2.29. The Morgan fingerprint density at radius 2 is 1.91 bits per heavy atom. The molecule has 2 fully saturated rings. The summed E-state index contributed by atoms with van der Waals surface area (Å²) in [7, 11) is -1.83. The number of sulfonamides is 1. The van der Waals surface area contributed by atoms with Gasteiger partial charge in [-0.2, -0.15) is 4.31 Å². The Bertz CT molecular complexity index is 1000. The van der Waals surface area contributed by atoms with Crippen molar-refractivity contribution in [1.82, 2.24) is 19.1 Å². The maximum absolute atomic E-state index is 13.0. The number of amides is 1. The lowest BCUT2D eigenvalue weighted by Crippen LogP contribution is -2.41. The van der Waals surface area contributed by atoms with Crippen molar-refractivity contribution < 1.29 is 13.2 Å². The first-order valence-corrected chi connectivity index (χ1v) is 13.9. The van der Waals surface area contributed by atoms with Crippen LogP contribution in [0, 0.1) is 5.92 Å². The second-order valence-corrected chi connectivity index (χ2v) is 12.0. The monoisotopic (exact) mass is 478 g/mol. The lowest BCUT2D eigenvalue weighted by molar-refractivity contribution is 0.0907. The number of rotatable bonds is 7. The molecular weight excluding hydrogens is 444 g/mol. The van der Waals surface area contributed by atoms with Crippen LogP contribution in [0.25, 0.3) is 0 Å². The van der Waals surface area contributed by atoms with Gasteiger partial charge in [0.1, 0.15) is 10.6 Å². The highest BCUT2D eigenvalue weighted by molar-refractivity contribution is 7.89. The standard InChI is InChI=1S/C23H34N4O3S2/c1-18-8-12-26(13-9-18)21(22-7-6-14-31-22)16-24-23(28)20-15-19(17-25(20)2)32(29,30)27-10-4-3-5-11-27/h6-7,14-15,17-18,21H,3-5,8-13,16H2,1-2H3,(H,24,28). The number of aromatic nitrogens is 1. The van der Waals surface area contributed by atoms with Gasteiger partial charge in [-0.05, 0) is 62.2 Å². The summed E-state index contributed by atoms with van der Waals surface area (Å²) in [5.41, 5.74) is 0.373. The second-order valence-electron chi connectivity index (χ2n) is 9.10. The molecule has 1 atom stereocenters. The normalized spacial score (nSPS) is 20.3. The number of aryl methyl sites for hydroxylation is 1. The zero-order valence-electron chi connectivity index (χ0n) is 19.0. The van der Waals surface area contributed by atoms with Gasteiger partial charge in [0.15, 0.2) is 0 Å². The molecule has 0 saturated carbocycles. The number of hydrogen-bond acceptors (Lipinski definition) is 5. The molecule has 32 heavy (non-hydrogen) atoms. The van der Waals surface area contributed by atoms with Crippen LogP contribution in [0.3, 0.4) is 0 Å². The fourth-order valence-electron chi connectivity index (χ4n) is 4.67. The molecule has 1 amide bonds. The smallest absolute Gasteiger partial charge is 0.268 e. The molecule has 2 aliphatic rings. The van der Waals surface area contributed by atoms with Gasteiger partial charge in [-0.25, -0.2) is 8.42 Å². The summed E-state index contributed by atoms with van der Waals surface area (Å²) in [6, 6.07) is 5.84. The van der Waals surface area contributed by atoms with E-state index >= 15 is 0 Å². The number of hydrogen-bond donors (Lipinski definition) is 1. The van der Waals surface area contributed by atoms with Crippen LogP contribution >= 0.6 is 11.3 Å². The van der Waals surface area contributed by atoms with Crippen molar-refractivity contribution in [2.24, 2.45) is 13.0 Å². The number of carbonyl (C=O) groups excluding carboxylic acids is 1. The van der Waals surface area contributed by atoms with Crippen molar-refractivity contribution in [3.8, 4) is 0 Å². The van der Waals surface area contributed by atoms with E-state index in [1.54, 1.807) is 29.1 Å². The van der Waals surface area contributed by atoms with E-state index in [0.29, 0.717) is 25.3 Å². The summed E-state index contributed by atoms with van der Waals surface area (Å²) < 4.78 is 29.2. The fraction of sp³-hybridized carbons (Fsp3) is 0.609. The number of nitrogens with one attached hydrogen (secondary N) is 1. The van der Waals surface area contributed by atoms with E-state index in [2.05, 4.69) is 34.7 Å². The van der Waals surface area contributed by atoms with Crippen LogP contribution in [0.1, 0.15) is 60.4 Å². The van der Waals surface area contributed by atoms with E-state index in [4.69, 9.17) is 0 Å². The van der Waals surface area contributed by atoms with Crippen LogP contribution in [0.5, 0.6) is 0 Å². The van der Waals surface area contributed by atoms with Gasteiger partial charge in [-0.3, -0.25) is 9.69 Å². The molecule has 2 aromatic rings. The average molecular weight is 479 g/mol. The molecule has 2 aliphatic heterocycles. The lowest BCUT2D eigenvalue weighted by Gasteiger charge is -2.36. The number of piperidine rings is 2. The van der Waals surface area contributed by atoms with E-state index in [1.165, 1.54) is 28.1 Å². The highest BCUT2D eigenvalue weighted by Gasteiger charge is 2.29. The molecule has 0 spiro atoms. The molecule has 9 heteroatoms. The molecule has 0 aromatic carbocycles. The van der Waals surface area contributed by atoms with Crippen molar-refractivity contribution in [1.29, 1.82) is 0 Å². The van der Waals surface area contributed by atoms with Crippen molar-refractivity contribution in [3.63, 3.8) is 0 Å². The van der Waals surface area contributed by atoms with Gasteiger partial charge in [-0.15, -0.1) is 11.3 Å². The molecule has 1 unspecified atom stereocenters. The van der Waals surface area contributed by atoms with E-state index in [1.807, 2.05) is 0 Å². The predicted molar refractivity (Wildman–Crippen MR) is 127 cm³/mol. The summed E-state index contributed by atoms with van der Waals surface area (Å²) in [5, 5.41) is 5.15. The molecule has 0 aliphatic carbocycles. The van der Waals surface area contributed by atoms with Gasteiger partial charge >= 0.3 is 0 Å². The van der Waals surface area contributed by atoms with Gasteiger partial charge in [0.25, 0.3) is 5.91 Å². The third-order valence-corrected chi connectivity index (χ3v) is 9.59. The lowest BCUT2D eigenvalue weighted by atomic mass is 9.97. The Balaban J connectivity index is 1.46. The van der Waals surface area contributed by atoms with Crippen LogP contribution in [0.4, 0.5) is 0 Å². The first-order valence-electron chi connectivity index (χ1n) is 11.6. The zero-order valence-corrected chi connectivity index (χ0v) is 20.6. The summed E-state index contributed by atoms with van der Waals surface area (Å²) in [6.07, 6.45) is 6.74. The maximum atomic E-state index is 13.0. The first kappa shape index (κ1) is 23.5. The summed E-state index contributed by atoms with van der Waals surface area (Å²) >= 11 is 1.72. The minimum Gasteiger partial charge on any atom is -0.349 e. The van der Waals surface area contributed by atoms with Crippen LogP contribution in [-0.2, 0) is 17.1 Å². The third-order valence-electron chi connectivity index (χ3n) is 6.75. The zero-order chi connectivity index (χ0) is 22.7. The summed E-state index contributed by atoms with van der Waals surface area (Å²) in [4.78, 5) is 16.9. The van der Waals surface area contributed by atoms with Crippen molar-refractivity contribution in [3.05, 3.63) is 40.3 Å². The molecule has 2 saturated heterocycles. The maximum Gasteiger partial charge on any atom is 0.268 e. The number of nitrogens with zero attached hydrogens (tertiary/aromatic N) is 3. The van der Waals surface area contributed by atoms with Crippen LogP contribution in [-0.4, -0.2) is 60.8 Å². The topological polar surface area (TPSA) is 74.7 Å². The molecule has 0 radical (unpaired) electrons. The predicted octanol–water partition coefficient (Wildman–Crippen LogP) is 3.46. The Morgan fingerprint density at radius 1 is 1.19 bits per heavy atom. The SMILES string of the molecule is CC1CCN(C(CNC(=O)c2cc(S(=O)(=O)N3CCCCC3)cn2C)c2cccs2)CC1. The molecule has 0 bridgehead atoms. The van der Waals surface area contributed by atoms with Gasteiger partial charge in [0.05, 0.1) is 6.04 Å². The van der Waals surface area contributed by atoms with Crippen LogP contribution in [0.15, 0.2) is 34.7 Å². The molecule has 176 valence electrons.